The van der Waals surface area contributed by atoms with Gasteiger partial charge in [0.2, 0.25) is 0 Å². The van der Waals surface area contributed by atoms with E-state index in [1.165, 1.54) is 12.8 Å². The van der Waals surface area contributed by atoms with Gasteiger partial charge in [0.15, 0.2) is 0 Å². The number of rotatable bonds is 7. The molecule has 0 aromatic rings. The van der Waals surface area contributed by atoms with Crippen molar-refractivity contribution in [2.75, 3.05) is 0 Å². The highest BCUT2D eigenvalue weighted by atomic mass is 16.6. The minimum absolute atomic E-state index is 0.0394. The summed E-state index contributed by atoms with van der Waals surface area (Å²) in [4.78, 5) is 0. The second kappa shape index (κ2) is 9.45. The fourth-order valence-corrected chi connectivity index (χ4v) is 1.56. The Hall–Kier alpha value is -1.48. The van der Waals surface area contributed by atoms with Gasteiger partial charge in [-0.05, 0) is 50.5 Å². The Labute approximate surface area is 116 Å². The molecule has 0 bridgehead atoms. The monoisotopic (exact) mass is 258 g/mol. The van der Waals surface area contributed by atoms with Crippen LogP contribution in [0, 0.1) is 23.7 Å². The molecule has 1 N–H and O–H groups in total. The van der Waals surface area contributed by atoms with Crippen LogP contribution in [0.3, 0.4) is 0 Å². The normalized spacial score (nSPS) is 22.0. The molecule has 0 aliphatic carbocycles. The van der Waals surface area contributed by atoms with Gasteiger partial charge in [0.1, 0.15) is 12.2 Å². The van der Waals surface area contributed by atoms with E-state index < -0.39 is 6.10 Å². The smallest absolute Gasteiger partial charge is 0.145 e. The molecule has 1 aliphatic rings. The Kier molecular flexibility index (Phi) is 7.75. The lowest BCUT2D eigenvalue weighted by atomic mass is 10.1. The summed E-state index contributed by atoms with van der Waals surface area (Å²) in [5.41, 5.74) is 0. The Bertz CT molecular complexity index is 414. The maximum absolute atomic E-state index is 9.55. The number of ether oxygens (including phenoxy) is 1. The lowest BCUT2D eigenvalue weighted by molar-refractivity contribution is 0.280. The van der Waals surface area contributed by atoms with Crippen molar-refractivity contribution >= 4 is 0 Å². The summed E-state index contributed by atoms with van der Waals surface area (Å²) >= 11 is 0. The molecule has 1 aliphatic heterocycles. The zero-order valence-corrected chi connectivity index (χ0v) is 11.6. The minimum Gasteiger partial charge on any atom is -0.377 e. The average Bonchev–Trinajstić information content (AvgIpc) is 3.09. The van der Waals surface area contributed by atoms with Gasteiger partial charge in [-0.3, -0.25) is 0 Å². The molecule has 0 saturated carbocycles. The van der Waals surface area contributed by atoms with Crippen molar-refractivity contribution in [3.8, 4) is 23.7 Å². The van der Waals surface area contributed by atoms with Crippen LogP contribution in [0.15, 0.2) is 24.8 Å². The van der Waals surface area contributed by atoms with Crippen LogP contribution in [-0.2, 0) is 4.74 Å². The first-order chi connectivity index (χ1) is 9.24. The molecule has 1 fully saturated rings. The number of allylic oxidation sites excluding steroid dienone is 2. The van der Waals surface area contributed by atoms with E-state index in [2.05, 4.69) is 30.3 Å². The molecule has 0 spiro atoms. The molecule has 19 heavy (non-hydrogen) atoms. The zero-order chi connectivity index (χ0) is 13.9. The highest BCUT2D eigenvalue weighted by Gasteiger charge is 2.31. The predicted molar refractivity (Wildman–Crippen MR) is 78.3 cm³/mol. The molecule has 0 unspecified atom stereocenters. The van der Waals surface area contributed by atoms with Crippen molar-refractivity contribution in [3.05, 3.63) is 24.8 Å². The molecule has 0 amide bonds. The third-order valence-corrected chi connectivity index (χ3v) is 2.81. The number of epoxide rings is 1. The summed E-state index contributed by atoms with van der Waals surface area (Å²) in [6, 6.07) is 0. The van der Waals surface area contributed by atoms with Crippen LogP contribution >= 0.6 is 0 Å². The highest BCUT2D eigenvalue weighted by molar-refractivity contribution is 5.31. The molecule has 1 rings (SSSR count). The summed E-state index contributed by atoms with van der Waals surface area (Å²) in [6.45, 7) is 5.66. The van der Waals surface area contributed by atoms with Crippen molar-refractivity contribution in [2.24, 2.45) is 0 Å². The third kappa shape index (κ3) is 8.27. The molecular weight excluding hydrogens is 236 g/mol. The summed E-state index contributed by atoms with van der Waals surface area (Å²) in [5, 5.41) is 9.55. The molecule has 2 heteroatoms. The molecule has 3 atom stereocenters. The maximum Gasteiger partial charge on any atom is 0.145 e. The molecular formula is C17H22O2. The van der Waals surface area contributed by atoms with E-state index in [1.54, 1.807) is 6.08 Å². The first-order valence-electron chi connectivity index (χ1n) is 6.86. The lowest BCUT2D eigenvalue weighted by Gasteiger charge is -1.95. The van der Waals surface area contributed by atoms with Crippen LogP contribution in [-0.4, -0.2) is 23.4 Å². The number of aliphatic hydroxyl groups is 1. The molecule has 2 nitrogen and oxygen atoms in total. The molecule has 0 aromatic carbocycles. The van der Waals surface area contributed by atoms with Crippen molar-refractivity contribution in [3.63, 3.8) is 0 Å². The Balaban J connectivity index is 2.08. The molecule has 0 aromatic heterocycles. The number of hydrogen-bond acceptors (Lipinski definition) is 2. The summed E-state index contributed by atoms with van der Waals surface area (Å²) in [7, 11) is 0. The van der Waals surface area contributed by atoms with E-state index in [1.807, 2.05) is 19.1 Å². The quantitative estimate of drug-likeness (QED) is 0.330. The van der Waals surface area contributed by atoms with Crippen molar-refractivity contribution in [2.45, 2.75) is 57.3 Å². The van der Waals surface area contributed by atoms with Gasteiger partial charge in [-0.25, -0.2) is 0 Å². The Morgan fingerprint density at radius 2 is 2.00 bits per heavy atom. The lowest BCUT2D eigenvalue weighted by Crippen LogP contribution is -1.96. The first-order valence-corrected chi connectivity index (χ1v) is 6.86. The van der Waals surface area contributed by atoms with Gasteiger partial charge >= 0.3 is 0 Å². The molecule has 1 saturated heterocycles. The summed E-state index contributed by atoms with van der Waals surface area (Å²) < 4.78 is 5.12. The van der Waals surface area contributed by atoms with Crippen molar-refractivity contribution in [1.82, 2.24) is 0 Å². The van der Waals surface area contributed by atoms with E-state index >= 15 is 0 Å². The van der Waals surface area contributed by atoms with Crippen LogP contribution in [0.1, 0.15) is 39.0 Å². The largest absolute Gasteiger partial charge is 0.377 e. The van der Waals surface area contributed by atoms with Crippen LogP contribution < -0.4 is 0 Å². The Morgan fingerprint density at radius 1 is 1.26 bits per heavy atom. The Morgan fingerprint density at radius 3 is 2.68 bits per heavy atom. The van der Waals surface area contributed by atoms with Crippen LogP contribution in [0.25, 0.3) is 0 Å². The second-order valence-corrected chi connectivity index (χ2v) is 4.60. The molecule has 0 radical (unpaired) electrons. The fraction of sp³-hybridized carbons (Fsp3) is 0.529. The summed E-state index contributed by atoms with van der Waals surface area (Å²) in [6.07, 6.45) is 10.8. The van der Waals surface area contributed by atoms with Gasteiger partial charge in [-0.1, -0.05) is 30.4 Å². The van der Waals surface area contributed by atoms with Gasteiger partial charge < -0.3 is 9.84 Å². The summed E-state index contributed by atoms with van der Waals surface area (Å²) in [5.74, 6) is 10.9. The standard InChI is InChI=1S/C17H22O2/c1-3-4-5-6-7-8-9-12-16(18)13-10-11-14-17-15(2)19-17/h3,9,12,15-18H,1,4-8H2,2H3/b12-9-/t15-,16-,17+/m0/s1. The average molecular weight is 258 g/mol. The third-order valence-electron chi connectivity index (χ3n) is 2.81. The van der Waals surface area contributed by atoms with Gasteiger partial charge in [-0.15, -0.1) is 6.58 Å². The van der Waals surface area contributed by atoms with Crippen molar-refractivity contribution < 1.29 is 9.84 Å². The van der Waals surface area contributed by atoms with Gasteiger partial charge in [0.05, 0.1) is 6.10 Å². The van der Waals surface area contributed by atoms with Gasteiger partial charge in [0.25, 0.3) is 0 Å². The predicted octanol–water partition coefficient (Wildman–Crippen LogP) is 2.83. The van der Waals surface area contributed by atoms with Crippen LogP contribution in [0.2, 0.25) is 0 Å². The zero-order valence-electron chi connectivity index (χ0n) is 11.6. The highest BCUT2D eigenvalue weighted by Crippen LogP contribution is 2.18. The van der Waals surface area contributed by atoms with Gasteiger partial charge in [0, 0.05) is 0 Å². The molecule has 102 valence electrons. The molecule has 1 heterocycles. The van der Waals surface area contributed by atoms with E-state index in [9.17, 15) is 5.11 Å². The number of unbranched alkanes of at least 4 members (excludes halogenated alkanes) is 4. The first kappa shape index (κ1) is 15.6. The maximum atomic E-state index is 9.55. The second-order valence-electron chi connectivity index (χ2n) is 4.60. The van der Waals surface area contributed by atoms with Crippen LogP contribution in [0.4, 0.5) is 0 Å². The van der Waals surface area contributed by atoms with Gasteiger partial charge in [-0.2, -0.15) is 0 Å². The van der Waals surface area contributed by atoms with Crippen molar-refractivity contribution in [1.29, 1.82) is 0 Å². The van der Waals surface area contributed by atoms with E-state index in [-0.39, 0.29) is 12.2 Å². The van der Waals surface area contributed by atoms with E-state index in [0.29, 0.717) is 0 Å². The van der Waals surface area contributed by atoms with E-state index in [4.69, 9.17) is 4.74 Å². The van der Waals surface area contributed by atoms with E-state index in [0.717, 1.165) is 19.3 Å². The van der Waals surface area contributed by atoms with Crippen LogP contribution in [0.5, 0.6) is 0 Å². The number of aliphatic hydroxyl groups excluding tert-OH is 1. The number of hydrogen-bond donors (Lipinski definition) is 1. The topological polar surface area (TPSA) is 32.8 Å². The fourth-order valence-electron chi connectivity index (χ4n) is 1.56. The minimum atomic E-state index is -0.722. The SMILES string of the molecule is C=CCCCCC/C=C\[C@H](O)C#CC#C[C@H]1O[C@H]1C.